The second-order valence-electron chi connectivity index (χ2n) is 5.39. The molecular weight excluding hydrogens is 373 g/mol. The highest BCUT2D eigenvalue weighted by Gasteiger charge is 2.31. The molecule has 1 aromatic heterocycles. The zero-order chi connectivity index (χ0) is 19.3. The molecule has 9 heteroatoms. The van der Waals surface area contributed by atoms with Crippen molar-refractivity contribution in [1.29, 1.82) is 0 Å². The van der Waals surface area contributed by atoms with Crippen LogP contribution in [-0.2, 0) is 11.0 Å². The third kappa shape index (κ3) is 5.73. The summed E-state index contributed by atoms with van der Waals surface area (Å²) in [4.78, 5) is 23.7. The van der Waals surface area contributed by atoms with Crippen molar-refractivity contribution in [1.82, 2.24) is 5.43 Å². The number of benzene rings is 1. The summed E-state index contributed by atoms with van der Waals surface area (Å²) < 4.78 is 43.5. The van der Waals surface area contributed by atoms with Crippen LogP contribution in [0.25, 0.3) is 0 Å². The molecule has 0 aliphatic heterocycles. The molecule has 5 nitrogen and oxygen atoms in total. The van der Waals surface area contributed by atoms with E-state index in [1.165, 1.54) is 6.21 Å². The first-order valence-electron chi connectivity index (χ1n) is 7.44. The van der Waals surface area contributed by atoms with E-state index in [0.717, 1.165) is 12.1 Å². The average molecular weight is 387 g/mol. The summed E-state index contributed by atoms with van der Waals surface area (Å²) in [6.07, 6.45) is -3.84. The van der Waals surface area contributed by atoms with Gasteiger partial charge in [0, 0.05) is 23.4 Å². The van der Waals surface area contributed by atoms with Gasteiger partial charge < -0.3 is 4.42 Å². The number of ketones is 1. The predicted octanol–water partition coefficient (Wildman–Crippen LogP) is 4.37. The third-order valence-corrected chi connectivity index (χ3v) is 3.49. The van der Waals surface area contributed by atoms with Crippen LogP contribution >= 0.6 is 11.6 Å². The lowest BCUT2D eigenvalue weighted by Gasteiger charge is -2.09. The molecule has 0 aliphatic rings. The predicted molar refractivity (Wildman–Crippen MR) is 89.2 cm³/mol. The summed E-state index contributed by atoms with van der Waals surface area (Å²) in [7, 11) is 0. The molecule has 0 spiro atoms. The number of hydrazone groups is 1. The summed E-state index contributed by atoms with van der Waals surface area (Å²) >= 11 is 5.63. The Morgan fingerprint density at radius 2 is 1.96 bits per heavy atom. The lowest BCUT2D eigenvalue weighted by atomic mass is 10.0. The summed E-state index contributed by atoms with van der Waals surface area (Å²) in [6.45, 7) is 1.75. The molecule has 2 rings (SSSR count). The zero-order valence-corrected chi connectivity index (χ0v) is 14.3. The SMILES string of the molecule is Cc1ccc(/C=N/NC(=O)CCC(=O)c2cc(Cl)cc(C(F)(F)F)c2)o1. The van der Waals surface area contributed by atoms with E-state index in [0.29, 0.717) is 17.6 Å². The van der Waals surface area contributed by atoms with Gasteiger partial charge in [0.2, 0.25) is 5.91 Å². The van der Waals surface area contributed by atoms with Crippen LogP contribution in [0.1, 0.15) is 40.3 Å². The van der Waals surface area contributed by atoms with Gasteiger partial charge >= 0.3 is 6.18 Å². The number of hydrogen-bond acceptors (Lipinski definition) is 4. The molecule has 0 saturated carbocycles. The van der Waals surface area contributed by atoms with Crippen molar-refractivity contribution in [3.63, 3.8) is 0 Å². The van der Waals surface area contributed by atoms with E-state index in [9.17, 15) is 22.8 Å². The van der Waals surface area contributed by atoms with Crippen LogP contribution in [0.15, 0.2) is 39.9 Å². The number of halogens is 4. The normalized spacial score (nSPS) is 11.7. The summed E-state index contributed by atoms with van der Waals surface area (Å²) in [5.41, 5.74) is 0.987. The fraction of sp³-hybridized carbons (Fsp3) is 0.235. The summed E-state index contributed by atoms with van der Waals surface area (Å²) in [5, 5.41) is 3.46. The first-order chi connectivity index (χ1) is 12.1. The number of carbonyl (C=O) groups is 2. The molecule has 1 heterocycles. The van der Waals surface area contributed by atoms with Crippen molar-refractivity contribution >= 4 is 29.5 Å². The first-order valence-corrected chi connectivity index (χ1v) is 7.82. The minimum atomic E-state index is -4.61. The first kappa shape index (κ1) is 19.7. The molecule has 0 bridgehead atoms. The number of amides is 1. The fourth-order valence-corrected chi connectivity index (χ4v) is 2.27. The molecule has 1 aromatic carbocycles. The molecule has 0 fully saturated rings. The van der Waals surface area contributed by atoms with E-state index in [1.54, 1.807) is 19.1 Å². The van der Waals surface area contributed by atoms with Crippen molar-refractivity contribution in [2.75, 3.05) is 0 Å². The number of Topliss-reactive ketones (excluding diaryl/α,β-unsaturated/α-hetero) is 1. The van der Waals surface area contributed by atoms with Gasteiger partial charge in [0.05, 0.1) is 11.8 Å². The van der Waals surface area contributed by atoms with Gasteiger partial charge in [0.1, 0.15) is 11.5 Å². The molecule has 2 aromatic rings. The van der Waals surface area contributed by atoms with Crippen molar-refractivity contribution in [2.24, 2.45) is 5.10 Å². The van der Waals surface area contributed by atoms with Crippen LogP contribution in [0.3, 0.4) is 0 Å². The molecule has 0 saturated heterocycles. The van der Waals surface area contributed by atoms with Crippen molar-refractivity contribution in [2.45, 2.75) is 25.9 Å². The van der Waals surface area contributed by atoms with E-state index < -0.39 is 23.4 Å². The zero-order valence-electron chi connectivity index (χ0n) is 13.6. The maximum atomic E-state index is 12.7. The second kappa shape index (κ2) is 8.18. The largest absolute Gasteiger partial charge is 0.460 e. The highest BCUT2D eigenvalue weighted by molar-refractivity contribution is 6.31. The molecule has 0 aliphatic carbocycles. The average Bonchev–Trinajstić information content (AvgIpc) is 2.96. The topological polar surface area (TPSA) is 71.7 Å². The second-order valence-corrected chi connectivity index (χ2v) is 5.83. The maximum Gasteiger partial charge on any atom is 0.416 e. The molecule has 0 radical (unpaired) electrons. The highest BCUT2D eigenvalue weighted by Crippen LogP contribution is 2.32. The number of alkyl halides is 3. The van der Waals surface area contributed by atoms with Gasteiger partial charge in [0.15, 0.2) is 5.78 Å². The number of carbonyl (C=O) groups excluding carboxylic acids is 2. The third-order valence-electron chi connectivity index (χ3n) is 3.27. The van der Waals surface area contributed by atoms with E-state index in [1.807, 2.05) is 0 Å². The Morgan fingerprint density at radius 1 is 1.23 bits per heavy atom. The number of rotatable bonds is 6. The monoisotopic (exact) mass is 386 g/mol. The lowest BCUT2D eigenvalue weighted by molar-refractivity contribution is -0.137. The van der Waals surface area contributed by atoms with Gasteiger partial charge in [-0.25, -0.2) is 5.43 Å². The Hall–Kier alpha value is -2.61. The Labute approximate surface area is 151 Å². The van der Waals surface area contributed by atoms with E-state index in [-0.39, 0.29) is 23.4 Å². The number of nitrogens with zero attached hydrogens (tertiary/aromatic N) is 1. The van der Waals surface area contributed by atoms with Crippen LogP contribution in [0, 0.1) is 6.92 Å². The minimum Gasteiger partial charge on any atom is -0.460 e. The Balaban J connectivity index is 1.91. The van der Waals surface area contributed by atoms with E-state index in [4.69, 9.17) is 16.0 Å². The number of nitrogens with one attached hydrogen (secondary N) is 1. The van der Waals surface area contributed by atoms with Crippen LogP contribution in [0.2, 0.25) is 5.02 Å². The van der Waals surface area contributed by atoms with Crippen LogP contribution in [0.4, 0.5) is 13.2 Å². The van der Waals surface area contributed by atoms with Crippen LogP contribution in [0.5, 0.6) is 0 Å². The maximum absolute atomic E-state index is 12.7. The van der Waals surface area contributed by atoms with Crippen molar-refractivity contribution in [3.05, 3.63) is 58.0 Å². The van der Waals surface area contributed by atoms with Gasteiger partial charge in [0.25, 0.3) is 0 Å². The Kier molecular flexibility index (Phi) is 6.20. The minimum absolute atomic E-state index is 0.202. The van der Waals surface area contributed by atoms with Crippen LogP contribution < -0.4 is 5.43 Å². The van der Waals surface area contributed by atoms with Crippen molar-refractivity contribution < 1.29 is 27.2 Å². The van der Waals surface area contributed by atoms with E-state index >= 15 is 0 Å². The van der Waals surface area contributed by atoms with Gasteiger partial charge in [-0.05, 0) is 37.3 Å². The summed E-state index contributed by atoms with van der Waals surface area (Å²) in [6, 6.07) is 5.96. The standard InChI is InChI=1S/C17H14ClF3N2O3/c1-10-2-3-14(26-10)9-22-23-16(25)5-4-15(24)11-6-12(17(19,20)21)8-13(18)7-11/h2-3,6-9H,4-5H2,1H3,(H,23,25)/b22-9+. The van der Waals surface area contributed by atoms with Gasteiger partial charge in [-0.1, -0.05) is 11.6 Å². The molecule has 1 N–H and O–H groups in total. The van der Waals surface area contributed by atoms with Gasteiger partial charge in [-0.2, -0.15) is 18.3 Å². The molecule has 0 unspecified atom stereocenters. The Bertz CT molecular complexity index is 844. The number of aryl methyl sites for hydroxylation is 1. The van der Waals surface area contributed by atoms with Crippen molar-refractivity contribution in [3.8, 4) is 0 Å². The van der Waals surface area contributed by atoms with Gasteiger partial charge in [-0.15, -0.1) is 0 Å². The number of hydrogen-bond donors (Lipinski definition) is 1. The fourth-order valence-electron chi connectivity index (χ4n) is 2.03. The highest BCUT2D eigenvalue weighted by atomic mass is 35.5. The smallest absolute Gasteiger partial charge is 0.416 e. The summed E-state index contributed by atoms with van der Waals surface area (Å²) in [5.74, 6) is -0.0599. The Morgan fingerprint density at radius 3 is 2.58 bits per heavy atom. The van der Waals surface area contributed by atoms with Gasteiger partial charge in [-0.3, -0.25) is 9.59 Å². The van der Waals surface area contributed by atoms with Crippen LogP contribution in [-0.4, -0.2) is 17.9 Å². The molecule has 1 amide bonds. The van der Waals surface area contributed by atoms with E-state index in [2.05, 4.69) is 10.5 Å². The quantitative estimate of drug-likeness (QED) is 0.455. The number of furan rings is 1. The molecule has 138 valence electrons. The molecule has 26 heavy (non-hydrogen) atoms. The molecular formula is C17H14ClF3N2O3. The lowest BCUT2D eigenvalue weighted by Crippen LogP contribution is -2.18. The molecule has 0 atom stereocenters.